The molecule has 0 aromatic heterocycles. The minimum atomic E-state index is -1.32. The molecule has 0 rings (SSSR count). The van der Waals surface area contributed by atoms with Crippen LogP contribution < -0.4 is 0 Å². The van der Waals surface area contributed by atoms with E-state index in [1.807, 2.05) is 0 Å². The summed E-state index contributed by atoms with van der Waals surface area (Å²) in [6.07, 6.45) is 1.54. The average Bonchev–Trinajstić information content (AvgIpc) is 2.09. The maximum atomic E-state index is 11.2. The van der Waals surface area contributed by atoms with Crippen molar-refractivity contribution in [3.8, 4) is 0 Å². The second-order valence-corrected chi connectivity index (χ2v) is 4.28. The third-order valence-electron chi connectivity index (χ3n) is 1.29. The van der Waals surface area contributed by atoms with Crippen LogP contribution in [0.5, 0.6) is 0 Å². The molecule has 0 aromatic rings. The SMILES string of the molecule is C=CCOCOC(=O)C(=C)C(C)(Cl)Cl. The number of halogens is 2. The fourth-order valence-corrected chi connectivity index (χ4v) is 0.647. The lowest BCUT2D eigenvalue weighted by Gasteiger charge is -2.15. The smallest absolute Gasteiger partial charge is 0.338 e. The largest absolute Gasteiger partial charge is 0.435 e. The van der Waals surface area contributed by atoms with Crippen LogP contribution in [-0.2, 0) is 14.3 Å². The van der Waals surface area contributed by atoms with Crippen molar-refractivity contribution in [1.29, 1.82) is 0 Å². The molecule has 0 aromatic carbocycles. The van der Waals surface area contributed by atoms with E-state index < -0.39 is 10.3 Å². The highest BCUT2D eigenvalue weighted by Crippen LogP contribution is 2.28. The molecular formula is C9H12Cl2O3. The van der Waals surface area contributed by atoms with E-state index >= 15 is 0 Å². The predicted molar refractivity (Wildman–Crippen MR) is 56.4 cm³/mol. The summed E-state index contributed by atoms with van der Waals surface area (Å²) in [7, 11) is 0. The highest BCUT2D eigenvalue weighted by atomic mass is 35.5. The quantitative estimate of drug-likeness (QED) is 0.178. The average molecular weight is 239 g/mol. The Morgan fingerprint density at radius 3 is 2.57 bits per heavy atom. The Labute approximate surface area is 93.3 Å². The summed E-state index contributed by atoms with van der Waals surface area (Å²) >= 11 is 11.3. The summed E-state index contributed by atoms with van der Waals surface area (Å²) in [5.41, 5.74) is -0.0250. The topological polar surface area (TPSA) is 35.5 Å². The van der Waals surface area contributed by atoms with Gasteiger partial charge in [-0.25, -0.2) is 4.79 Å². The van der Waals surface area contributed by atoms with Crippen molar-refractivity contribution in [1.82, 2.24) is 0 Å². The Hall–Kier alpha value is -0.510. The number of hydrogen-bond acceptors (Lipinski definition) is 3. The molecular weight excluding hydrogens is 227 g/mol. The molecule has 5 heteroatoms. The standard InChI is InChI=1S/C9H12Cl2O3/c1-4-5-13-6-14-8(12)7(2)9(3,10)11/h4H,1-2,5-6H2,3H3. The molecule has 0 N–H and O–H groups in total. The Kier molecular flexibility index (Phi) is 5.84. The molecule has 0 fully saturated rings. The molecule has 0 saturated carbocycles. The molecule has 0 spiro atoms. The summed E-state index contributed by atoms with van der Waals surface area (Å²) in [5, 5.41) is 0. The maximum absolute atomic E-state index is 11.2. The van der Waals surface area contributed by atoms with Gasteiger partial charge in [0.25, 0.3) is 0 Å². The zero-order valence-corrected chi connectivity index (χ0v) is 9.40. The van der Waals surface area contributed by atoms with E-state index in [-0.39, 0.29) is 12.4 Å². The maximum Gasteiger partial charge on any atom is 0.338 e. The van der Waals surface area contributed by atoms with Crippen LogP contribution in [0.15, 0.2) is 24.8 Å². The van der Waals surface area contributed by atoms with Crippen LogP contribution in [0.25, 0.3) is 0 Å². The van der Waals surface area contributed by atoms with Gasteiger partial charge in [0.15, 0.2) is 6.79 Å². The van der Waals surface area contributed by atoms with Crippen molar-refractivity contribution in [2.45, 2.75) is 11.3 Å². The normalized spacial score (nSPS) is 10.8. The van der Waals surface area contributed by atoms with Crippen LogP contribution in [0.2, 0.25) is 0 Å². The van der Waals surface area contributed by atoms with Gasteiger partial charge in [-0.15, -0.1) is 6.58 Å². The van der Waals surface area contributed by atoms with Gasteiger partial charge in [-0.05, 0) is 6.92 Å². The van der Waals surface area contributed by atoms with Gasteiger partial charge in [0.2, 0.25) is 0 Å². The van der Waals surface area contributed by atoms with Crippen molar-refractivity contribution in [2.75, 3.05) is 13.4 Å². The van der Waals surface area contributed by atoms with Gasteiger partial charge >= 0.3 is 5.97 Å². The van der Waals surface area contributed by atoms with Gasteiger partial charge in [-0.3, -0.25) is 0 Å². The molecule has 0 unspecified atom stereocenters. The summed E-state index contributed by atoms with van der Waals surface area (Å²) in [6.45, 7) is 8.40. The number of alkyl halides is 2. The summed E-state index contributed by atoms with van der Waals surface area (Å²) in [5.74, 6) is -0.679. The lowest BCUT2D eigenvalue weighted by Crippen LogP contribution is -2.21. The molecule has 0 aliphatic heterocycles. The fraction of sp³-hybridized carbons (Fsp3) is 0.444. The van der Waals surface area contributed by atoms with E-state index in [0.717, 1.165) is 0 Å². The number of esters is 1. The highest BCUT2D eigenvalue weighted by molar-refractivity contribution is 6.51. The van der Waals surface area contributed by atoms with Crippen LogP contribution >= 0.6 is 23.2 Å². The van der Waals surface area contributed by atoms with Crippen LogP contribution in [0.1, 0.15) is 6.92 Å². The summed E-state index contributed by atoms with van der Waals surface area (Å²) in [4.78, 5) is 11.2. The Morgan fingerprint density at radius 1 is 1.57 bits per heavy atom. The van der Waals surface area contributed by atoms with E-state index in [1.165, 1.54) is 13.0 Å². The first-order valence-corrected chi connectivity index (χ1v) is 4.58. The van der Waals surface area contributed by atoms with Gasteiger partial charge in [-0.1, -0.05) is 35.9 Å². The molecule has 3 nitrogen and oxygen atoms in total. The van der Waals surface area contributed by atoms with Crippen molar-refractivity contribution < 1.29 is 14.3 Å². The molecule has 0 heterocycles. The number of hydrogen-bond donors (Lipinski definition) is 0. The number of carbonyl (C=O) groups excluding carboxylic acids is 1. The lowest BCUT2D eigenvalue weighted by atomic mass is 10.2. The lowest BCUT2D eigenvalue weighted by molar-refractivity contribution is -0.150. The van der Waals surface area contributed by atoms with Gasteiger partial charge in [0.05, 0.1) is 12.2 Å². The van der Waals surface area contributed by atoms with Gasteiger partial charge in [-0.2, -0.15) is 0 Å². The van der Waals surface area contributed by atoms with Gasteiger partial charge < -0.3 is 9.47 Å². The molecule has 0 amide bonds. The first-order chi connectivity index (χ1) is 6.39. The number of rotatable bonds is 6. The second-order valence-electron chi connectivity index (χ2n) is 2.58. The molecule has 0 aliphatic rings. The highest BCUT2D eigenvalue weighted by Gasteiger charge is 2.27. The zero-order chi connectivity index (χ0) is 11.2. The van der Waals surface area contributed by atoms with Gasteiger partial charge in [0, 0.05) is 0 Å². The van der Waals surface area contributed by atoms with Crippen molar-refractivity contribution in [2.24, 2.45) is 0 Å². The molecule has 80 valence electrons. The van der Waals surface area contributed by atoms with Crippen LogP contribution in [0.3, 0.4) is 0 Å². The predicted octanol–water partition coefficient (Wildman–Crippen LogP) is 2.44. The monoisotopic (exact) mass is 238 g/mol. The third kappa shape index (κ3) is 5.27. The number of ether oxygens (including phenoxy) is 2. The van der Waals surface area contributed by atoms with Crippen LogP contribution in [-0.4, -0.2) is 23.7 Å². The van der Waals surface area contributed by atoms with E-state index in [9.17, 15) is 4.79 Å². The minimum absolute atomic E-state index is 0.0250. The van der Waals surface area contributed by atoms with Crippen molar-refractivity contribution >= 4 is 29.2 Å². The van der Waals surface area contributed by atoms with E-state index in [2.05, 4.69) is 17.9 Å². The van der Waals surface area contributed by atoms with Gasteiger partial charge in [0.1, 0.15) is 4.33 Å². The van der Waals surface area contributed by atoms with E-state index in [4.69, 9.17) is 27.9 Å². The molecule has 14 heavy (non-hydrogen) atoms. The first-order valence-electron chi connectivity index (χ1n) is 3.82. The third-order valence-corrected chi connectivity index (χ3v) is 1.74. The van der Waals surface area contributed by atoms with Crippen molar-refractivity contribution in [3.05, 3.63) is 24.8 Å². The van der Waals surface area contributed by atoms with Crippen LogP contribution in [0, 0.1) is 0 Å². The Balaban J connectivity index is 3.86. The minimum Gasteiger partial charge on any atom is -0.435 e. The van der Waals surface area contributed by atoms with E-state index in [1.54, 1.807) is 0 Å². The summed E-state index contributed by atoms with van der Waals surface area (Å²) < 4.78 is 8.16. The summed E-state index contributed by atoms with van der Waals surface area (Å²) in [6, 6.07) is 0. The second kappa shape index (κ2) is 6.06. The Bertz CT molecular complexity index is 231. The molecule has 0 radical (unpaired) electrons. The Morgan fingerprint density at radius 2 is 2.14 bits per heavy atom. The molecule has 0 aliphatic carbocycles. The molecule has 0 bridgehead atoms. The van der Waals surface area contributed by atoms with Crippen LogP contribution in [0.4, 0.5) is 0 Å². The number of carbonyl (C=O) groups is 1. The van der Waals surface area contributed by atoms with E-state index in [0.29, 0.717) is 6.61 Å². The molecule has 0 atom stereocenters. The zero-order valence-electron chi connectivity index (χ0n) is 7.89. The van der Waals surface area contributed by atoms with Crippen molar-refractivity contribution in [3.63, 3.8) is 0 Å². The first kappa shape index (κ1) is 13.5. The molecule has 0 saturated heterocycles. The fourth-order valence-electron chi connectivity index (χ4n) is 0.493.